The van der Waals surface area contributed by atoms with Crippen LogP contribution >= 0.6 is 0 Å². The maximum absolute atomic E-state index is 8.46. The summed E-state index contributed by atoms with van der Waals surface area (Å²) in [5, 5.41) is 8.46. The lowest BCUT2D eigenvalue weighted by Crippen LogP contribution is -2.19. The Hall–Kier alpha value is -1.64. The van der Waals surface area contributed by atoms with E-state index in [2.05, 4.69) is 50.1 Å². The number of rotatable bonds is 7. The van der Waals surface area contributed by atoms with Crippen LogP contribution in [0.25, 0.3) is 0 Å². The zero-order valence-electron chi connectivity index (χ0n) is 16.5. The molecule has 3 heteroatoms. The largest absolute Gasteiger partial charge is 0.336 e. The summed E-state index contributed by atoms with van der Waals surface area (Å²) in [5.74, 6) is 1.32. The summed E-state index contributed by atoms with van der Waals surface area (Å²) in [5.41, 5.74) is 2.21. The van der Waals surface area contributed by atoms with Crippen molar-refractivity contribution in [3.63, 3.8) is 0 Å². The van der Waals surface area contributed by atoms with Crippen molar-refractivity contribution < 1.29 is 0 Å². The van der Waals surface area contributed by atoms with Gasteiger partial charge in [-0.05, 0) is 62.0 Å². The zero-order chi connectivity index (χ0) is 18.3. The zero-order valence-corrected chi connectivity index (χ0v) is 16.5. The molecule has 25 heavy (non-hydrogen) atoms. The van der Waals surface area contributed by atoms with Gasteiger partial charge in [-0.25, -0.2) is 4.99 Å². The van der Waals surface area contributed by atoms with Crippen LogP contribution in [0.1, 0.15) is 72.1 Å². The SMILES string of the molecule is CCC(C)/C(=C/C(=N)CCC1(C)CCCC1)N=C1C=CCC=CN1C. The third-order valence-electron chi connectivity index (χ3n) is 5.72. The van der Waals surface area contributed by atoms with Gasteiger partial charge >= 0.3 is 0 Å². The highest BCUT2D eigenvalue weighted by Gasteiger charge is 2.28. The minimum absolute atomic E-state index is 0.365. The van der Waals surface area contributed by atoms with Gasteiger partial charge in [0.25, 0.3) is 0 Å². The summed E-state index contributed by atoms with van der Waals surface area (Å²) < 4.78 is 0. The second-order valence-electron chi connectivity index (χ2n) is 8.03. The van der Waals surface area contributed by atoms with Crippen molar-refractivity contribution in [2.75, 3.05) is 7.05 Å². The summed E-state index contributed by atoms with van der Waals surface area (Å²) in [6, 6.07) is 0. The van der Waals surface area contributed by atoms with Crippen molar-refractivity contribution >= 4 is 11.5 Å². The van der Waals surface area contributed by atoms with Crippen LogP contribution in [0, 0.1) is 16.7 Å². The minimum atomic E-state index is 0.365. The molecule has 1 aliphatic carbocycles. The summed E-state index contributed by atoms with van der Waals surface area (Å²) in [6.07, 6.45) is 19.8. The van der Waals surface area contributed by atoms with E-state index >= 15 is 0 Å². The van der Waals surface area contributed by atoms with Crippen molar-refractivity contribution in [1.29, 1.82) is 5.41 Å². The highest BCUT2D eigenvalue weighted by molar-refractivity contribution is 5.96. The van der Waals surface area contributed by atoms with Crippen molar-refractivity contribution in [1.82, 2.24) is 4.90 Å². The van der Waals surface area contributed by atoms with Crippen LogP contribution in [0.4, 0.5) is 0 Å². The molecule has 2 aliphatic rings. The smallest absolute Gasteiger partial charge is 0.132 e. The third kappa shape index (κ3) is 5.98. The molecule has 0 spiro atoms. The quantitative estimate of drug-likeness (QED) is 0.558. The summed E-state index contributed by atoms with van der Waals surface area (Å²) >= 11 is 0. The van der Waals surface area contributed by atoms with Crippen molar-refractivity contribution in [3.05, 3.63) is 36.2 Å². The van der Waals surface area contributed by atoms with Gasteiger partial charge in [-0.15, -0.1) is 0 Å². The van der Waals surface area contributed by atoms with Gasteiger partial charge in [-0.2, -0.15) is 0 Å². The molecular formula is C22H35N3. The Bertz CT molecular complexity index is 574. The molecule has 1 saturated carbocycles. The lowest BCUT2D eigenvalue weighted by Gasteiger charge is -2.23. The third-order valence-corrected chi connectivity index (χ3v) is 5.72. The minimum Gasteiger partial charge on any atom is -0.336 e. The molecule has 1 heterocycles. The summed E-state index contributed by atoms with van der Waals surface area (Å²) in [6.45, 7) is 6.79. The lowest BCUT2D eigenvalue weighted by molar-refractivity contribution is 0.314. The standard InChI is InChI=1S/C22H35N3/c1-5-18(2)20(24-21-11-7-6-10-16-25(21)4)17-19(23)12-15-22(3)13-8-9-14-22/h7,10-11,16-18,23H,5-6,8-9,12-15H2,1-4H3/b20-17-,23-19?,24-21?. The Labute approximate surface area is 154 Å². The van der Waals surface area contributed by atoms with Crippen LogP contribution in [-0.4, -0.2) is 23.5 Å². The highest BCUT2D eigenvalue weighted by atomic mass is 15.1. The molecular weight excluding hydrogens is 306 g/mol. The van der Waals surface area contributed by atoms with E-state index < -0.39 is 0 Å². The van der Waals surface area contributed by atoms with Gasteiger partial charge in [0.1, 0.15) is 5.84 Å². The van der Waals surface area contributed by atoms with E-state index in [1.807, 2.05) is 13.1 Å². The molecule has 1 atom stereocenters. The first kappa shape index (κ1) is 19.7. The number of allylic oxidation sites excluding steroid dienone is 4. The van der Waals surface area contributed by atoms with E-state index in [9.17, 15) is 0 Å². The van der Waals surface area contributed by atoms with Gasteiger partial charge in [0.05, 0.1) is 0 Å². The number of hydrogen-bond donors (Lipinski definition) is 1. The van der Waals surface area contributed by atoms with Crippen LogP contribution in [0.3, 0.4) is 0 Å². The molecule has 2 rings (SSSR count). The first-order valence-electron chi connectivity index (χ1n) is 9.87. The molecule has 0 aromatic carbocycles. The second kappa shape index (κ2) is 9.17. The van der Waals surface area contributed by atoms with Crippen molar-refractivity contribution in [2.45, 2.75) is 72.1 Å². The normalized spacial score (nSPS) is 23.1. The maximum Gasteiger partial charge on any atom is 0.132 e. The number of likely N-dealkylation sites (N-methyl/N-ethyl adjacent to an activating group) is 1. The van der Waals surface area contributed by atoms with Crippen molar-refractivity contribution in [2.24, 2.45) is 16.3 Å². The molecule has 1 aliphatic heterocycles. The fourth-order valence-electron chi connectivity index (χ4n) is 3.57. The average Bonchev–Trinajstić information content (AvgIpc) is 2.93. The van der Waals surface area contributed by atoms with Gasteiger partial charge in [-0.1, -0.05) is 45.8 Å². The fourth-order valence-corrected chi connectivity index (χ4v) is 3.57. The lowest BCUT2D eigenvalue weighted by atomic mass is 9.83. The molecule has 1 N–H and O–H groups in total. The van der Waals surface area contributed by atoms with E-state index in [1.54, 1.807) is 0 Å². The van der Waals surface area contributed by atoms with E-state index in [-0.39, 0.29) is 0 Å². The number of nitrogens with one attached hydrogen (secondary N) is 1. The molecule has 0 aromatic rings. The molecule has 0 amide bonds. The van der Waals surface area contributed by atoms with E-state index in [1.165, 1.54) is 25.7 Å². The first-order chi connectivity index (χ1) is 11.9. The second-order valence-corrected chi connectivity index (χ2v) is 8.03. The number of nitrogens with zero attached hydrogens (tertiary/aromatic N) is 2. The Balaban J connectivity index is 2.11. The van der Waals surface area contributed by atoms with Gasteiger partial charge in [-0.3, -0.25) is 0 Å². The van der Waals surface area contributed by atoms with Crippen LogP contribution < -0.4 is 0 Å². The molecule has 0 aromatic heterocycles. The van der Waals surface area contributed by atoms with Gasteiger partial charge in [0.15, 0.2) is 0 Å². The van der Waals surface area contributed by atoms with Gasteiger partial charge in [0, 0.05) is 24.7 Å². The topological polar surface area (TPSA) is 39.5 Å². The van der Waals surface area contributed by atoms with Crippen molar-refractivity contribution in [3.8, 4) is 0 Å². The van der Waals surface area contributed by atoms with Gasteiger partial charge < -0.3 is 10.3 Å². The monoisotopic (exact) mass is 341 g/mol. The molecule has 0 saturated heterocycles. The van der Waals surface area contributed by atoms with Crippen LogP contribution in [0.15, 0.2) is 41.2 Å². The predicted molar refractivity (Wildman–Crippen MR) is 109 cm³/mol. The molecule has 138 valence electrons. The molecule has 1 unspecified atom stereocenters. The number of hydrogen-bond acceptors (Lipinski definition) is 2. The Morgan fingerprint density at radius 1 is 1.36 bits per heavy atom. The highest BCUT2D eigenvalue weighted by Crippen LogP contribution is 2.41. The van der Waals surface area contributed by atoms with Crippen LogP contribution in [-0.2, 0) is 0 Å². The van der Waals surface area contributed by atoms with E-state index in [0.29, 0.717) is 11.3 Å². The molecule has 3 nitrogen and oxygen atoms in total. The average molecular weight is 342 g/mol. The first-order valence-corrected chi connectivity index (χ1v) is 9.87. The summed E-state index contributed by atoms with van der Waals surface area (Å²) in [4.78, 5) is 6.97. The molecule has 0 bridgehead atoms. The van der Waals surface area contributed by atoms with Crippen LogP contribution in [0.2, 0.25) is 0 Å². The molecule has 0 radical (unpaired) electrons. The molecule has 1 fully saturated rings. The van der Waals surface area contributed by atoms with Gasteiger partial charge in [0.2, 0.25) is 0 Å². The number of aliphatic imine (C=N–C) groups is 1. The Kier molecular flexibility index (Phi) is 7.22. The van der Waals surface area contributed by atoms with E-state index in [4.69, 9.17) is 10.4 Å². The summed E-state index contributed by atoms with van der Waals surface area (Å²) in [7, 11) is 2.03. The van der Waals surface area contributed by atoms with Crippen LogP contribution in [0.5, 0.6) is 0 Å². The Morgan fingerprint density at radius 3 is 2.76 bits per heavy atom. The maximum atomic E-state index is 8.46. The number of amidine groups is 1. The van der Waals surface area contributed by atoms with E-state index in [0.717, 1.165) is 42.9 Å². The fraction of sp³-hybridized carbons (Fsp3) is 0.636. The predicted octanol–water partition coefficient (Wildman–Crippen LogP) is 6.10. The Morgan fingerprint density at radius 2 is 2.08 bits per heavy atom.